The van der Waals surface area contributed by atoms with Crippen molar-refractivity contribution in [3.05, 3.63) is 35.4 Å². The second kappa shape index (κ2) is 8.41. The first-order valence-corrected chi connectivity index (χ1v) is 11.9. The van der Waals surface area contributed by atoms with Gasteiger partial charge < -0.3 is 19.6 Å². The lowest BCUT2D eigenvalue weighted by atomic mass is 9.60. The fraction of sp³-hybridized carbons (Fsp3) is 0.640. The summed E-state index contributed by atoms with van der Waals surface area (Å²) in [5.74, 6) is 0.257. The van der Waals surface area contributed by atoms with Gasteiger partial charge in [0.2, 0.25) is 5.91 Å². The molecule has 0 saturated carbocycles. The van der Waals surface area contributed by atoms with Gasteiger partial charge in [-0.25, -0.2) is 4.79 Å². The first kappa shape index (κ1) is 22.6. The molecule has 2 spiro atoms. The van der Waals surface area contributed by atoms with Crippen molar-refractivity contribution >= 4 is 17.8 Å². The van der Waals surface area contributed by atoms with Crippen LogP contribution in [0.15, 0.2) is 24.3 Å². The Labute approximate surface area is 191 Å². The highest BCUT2D eigenvalue weighted by atomic mass is 16.2. The summed E-state index contributed by atoms with van der Waals surface area (Å²) in [6.45, 7) is 7.93. The van der Waals surface area contributed by atoms with Crippen molar-refractivity contribution in [2.75, 3.05) is 53.4 Å². The van der Waals surface area contributed by atoms with Crippen molar-refractivity contribution in [1.82, 2.24) is 19.6 Å². The van der Waals surface area contributed by atoms with Gasteiger partial charge in [0.1, 0.15) is 0 Å². The molecule has 174 valence electrons. The number of hydrogen-bond donors (Lipinski definition) is 0. The van der Waals surface area contributed by atoms with Crippen molar-refractivity contribution in [3.63, 3.8) is 0 Å². The Morgan fingerprint density at radius 2 is 1.59 bits per heavy atom. The molecule has 0 radical (unpaired) electrons. The Morgan fingerprint density at radius 1 is 0.938 bits per heavy atom. The van der Waals surface area contributed by atoms with E-state index in [1.54, 1.807) is 19.0 Å². The van der Waals surface area contributed by atoms with Crippen molar-refractivity contribution in [3.8, 4) is 0 Å². The van der Waals surface area contributed by atoms with Gasteiger partial charge in [-0.2, -0.15) is 0 Å². The van der Waals surface area contributed by atoms with Gasteiger partial charge >= 0.3 is 6.03 Å². The van der Waals surface area contributed by atoms with Crippen LogP contribution in [-0.2, 0) is 11.2 Å². The summed E-state index contributed by atoms with van der Waals surface area (Å²) < 4.78 is 0. The highest BCUT2D eigenvalue weighted by Crippen LogP contribution is 2.58. The Balaban J connectivity index is 1.55. The number of amides is 4. The van der Waals surface area contributed by atoms with Crippen molar-refractivity contribution in [1.29, 1.82) is 0 Å². The van der Waals surface area contributed by atoms with E-state index in [0.29, 0.717) is 32.7 Å². The summed E-state index contributed by atoms with van der Waals surface area (Å²) in [5, 5.41) is 0. The van der Waals surface area contributed by atoms with Crippen molar-refractivity contribution < 1.29 is 14.4 Å². The highest BCUT2D eigenvalue weighted by molar-refractivity contribution is 5.94. The number of nitrogens with zero attached hydrogens (tertiary/aromatic N) is 4. The molecule has 0 bridgehead atoms. The molecule has 3 aliphatic heterocycles. The van der Waals surface area contributed by atoms with Crippen LogP contribution < -0.4 is 0 Å². The van der Waals surface area contributed by atoms with Gasteiger partial charge in [0.15, 0.2) is 0 Å². The van der Waals surface area contributed by atoms with Crippen LogP contribution in [0.1, 0.15) is 49.0 Å². The topological polar surface area (TPSA) is 64.2 Å². The minimum atomic E-state index is -0.521. The minimum Gasteiger partial charge on any atom is -0.342 e. The van der Waals surface area contributed by atoms with E-state index >= 15 is 0 Å². The number of carbonyl (C=O) groups excluding carboxylic acids is 3. The van der Waals surface area contributed by atoms with E-state index in [9.17, 15) is 14.4 Å². The van der Waals surface area contributed by atoms with Crippen LogP contribution in [0.4, 0.5) is 4.79 Å². The smallest absolute Gasteiger partial charge is 0.319 e. The van der Waals surface area contributed by atoms with Crippen LogP contribution in [0.5, 0.6) is 0 Å². The summed E-state index contributed by atoms with van der Waals surface area (Å²) >= 11 is 0. The number of hydrogen-bond acceptors (Lipinski definition) is 3. The summed E-state index contributed by atoms with van der Waals surface area (Å²) in [7, 11) is 3.53. The Hall–Kier alpha value is -2.57. The van der Waals surface area contributed by atoms with Gasteiger partial charge in [0.05, 0.1) is 5.41 Å². The van der Waals surface area contributed by atoms with Crippen molar-refractivity contribution in [2.24, 2.45) is 10.8 Å². The monoisotopic (exact) mass is 440 g/mol. The lowest BCUT2D eigenvalue weighted by Crippen LogP contribution is -2.53. The largest absolute Gasteiger partial charge is 0.342 e. The zero-order chi connectivity index (χ0) is 23.1. The second-order valence-corrected chi connectivity index (χ2v) is 9.87. The number of urea groups is 1. The van der Waals surface area contributed by atoms with Gasteiger partial charge in [0.25, 0.3) is 5.91 Å². The molecule has 3 fully saturated rings. The normalized spacial score (nSPS) is 24.6. The number of fused-ring (bicyclic) bond motifs is 1. The first-order chi connectivity index (χ1) is 15.3. The number of benzene rings is 1. The molecule has 1 atom stereocenters. The lowest BCUT2D eigenvalue weighted by Gasteiger charge is -2.46. The minimum absolute atomic E-state index is 0.0291. The highest BCUT2D eigenvalue weighted by Gasteiger charge is 2.66. The van der Waals surface area contributed by atoms with Crippen molar-refractivity contribution in [2.45, 2.75) is 39.5 Å². The lowest BCUT2D eigenvalue weighted by molar-refractivity contribution is -0.141. The van der Waals surface area contributed by atoms with E-state index < -0.39 is 5.41 Å². The third kappa shape index (κ3) is 3.46. The maximum atomic E-state index is 13.6. The molecular formula is C25H36N4O3. The zero-order valence-electron chi connectivity index (χ0n) is 19.9. The molecule has 3 heterocycles. The Morgan fingerprint density at radius 3 is 2.12 bits per heavy atom. The number of piperidine rings is 1. The van der Waals surface area contributed by atoms with E-state index in [0.717, 1.165) is 37.8 Å². The molecule has 32 heavy (non-hydrogen) atoms. The molecular weight excluding hydrogens is 404 g/mol. The average Bonchev–Trinajstić information content (AvgIpc) is 3.31. The molecule has 3 aliphatic rings. The summed E-state index contributed by atoms with van der Waals surface area (Å²) in [4.78, 5) is 46.9. The number of likely N-dealkylation sites (tertiary alicyclic amines) is 3. The quantitative estimate of drug-likeness (QED) is 0.726. The number of carbonyl (C=O) groups is 3. The molecule has 0 aromatic heterocycles. The Kier molecular flexibility index (Phi) is 5.94. The molecule has 3 saturated heterocycles. The molecule has 0 unspecified atom stereocenters. The van der Waals surface area contributed by atoms with Gasteiger partial charge in [0, 0.05) is 64.3 Å². The maximum Gasteiger partial charge on any atom is 0.319 e. The first-order valence-electron chi connectivity index (χ1n) is 11.9. The molecule has 7 heteroatoms. The van der Waals surface area contributed by atoms with Crippen LogP contribution in [0, 0.1) is 10.8 Å². The van der Waals surface area contributed by atoms with E-state index in [1.165, 1.54) is 5.56 Å². The van der Waals surface area contributed by atoms with Gasteiger partial charge in [-0.05, 0) is 50.3 Å². The van der Waals surface area contributed by atoms with E-state index in [1.807, 2.05) is 45.9 Å². The van der Waals surface area contributed by atoms with Crippen LogP contribution >= 0.6 is 0 Å². The predicted molar refractivity (Wildman–Crippen MR) is 123 cm³/mol. The predicted octanol–water partition coefficient (Wildman–Crippen LogP) is 2.71. The molecule has 1 aromatic rings. The summed E-state index contributed by atoms with van der Waals surface area (Å²) in [6.07, 6.45) is 3.26. The molecule has 7 nitrogen and oxygen atoms in total. The van der Waals surface area contributed by atoms with E-state index in [2.05, 4.69) is 6.92 Å². The molecule has 1 aromatic carbocycles. The van der Waals surface area contributed by atoms with Gasteiger partial charge in [-0.3, -0.25) is 9.59 Å². The summed E-state index contributed by atoms with van der Waals surface area (Å²) in [5.41, 5.74) is 1.16. The van der Waals surface area contributed by atoms with Crippen LogP contribution in [0.2, 0.25) is 0 Å². The fourth-order valence-corrected chi connectivity index (χ4v) is 6.10. The number of rotatable bonds is 3. The summed E-state index contributed by atoms with van der Waals surface area (Å²) in [6, 6.07) is 7.84. The zero-order valence-corrected chi connectivity index (χ0v) is 19.9. The fourth-order valence-electron chi connectivity index (χ4n) is 6.10. The maximum absolute atomic E-state index is 13.6. The van der Waals surface area contributed by atoms with E-state index in [4.69, 9.17) is 0 Å². The third-order valence-electron chi connectivity index (χ3n) is 8.13. The van der Waals surface area contributed by atoms with Crippen LogP contribution in [-0.4, -0.2) is 90.8 Å². The van der Waals surface area contributed by atoms with Gasteiger partial charge in [-0.15, -0.1) is 0 Å². The van der Waals surface area contributed by atoms with Gasteiger partial charge in [-0.1, -0.05) is 19.1 Å². The Bertz CT molecular complexity index is 889. The SMILES string of the molecule is CCc1ccc(C(=O)N2CCC3(CC2)CN(C(=O)N(C)C)C[C@]32CCN(CC)C2=O)cc1. The molecule has 4 rings (SSSR count). The second-order valence-electron chi connectivity index (χ2n) is 9.87. The number of aryl methyl sites for hydroxylation is 1. The average molecular weight is 441 g/mol. The molecule has 0 N–H and O–H groups in total. The third-order valence-corrected chi connectivity index (χ3v) is 8.13. The standard InChI is InChI=1S/C25H36N4O3/c1-5-19-7-9-20(10-8-19)21(30)28-14-11-24(12-15-28)17-29(23(32)26(3)4)18-25(24)13-16-27(6-2)22(25)31/h7-10H,5-6,11-18H2,1-4H3/t25-/m0/s1. The molecule has 0 aliphatic carbocycles. The van der Waals surface area contributed by atoms with Crippen LogP contribution in [0.3, 0.4) is 0 Å². The van der Waals surface area contributed by atoms with E-state index in [-0.39, 0.29) is 23.3 Å². The molecule has 4 amide bonds. The van der Waals surface area contributed by atoms with Crippen LogP contribution in [0.25, 0.3) is 0 Å².